The molecule has 0 saturated carbocycles. The van der Waals surface area contributed by atoms with Crippen LogP contribution in [-0.2, 0) is 5.54 Å². The van der Waals surface area contributed by atoms with Gasteiger partial charge < -0.3 is 10.6 Å². The molecule has 8 nitrogen and oxygen atoms in total. The van der Waals surface area contributed by atoms with Crippen molar-refractivity contribution in [3.8, 4) is 6.07 Å². The number of nitriles is 1. The third-order valence-electron chi connectivity index (χ3n) is 6.63. The summed E-state index contributed by atoms with van der Waals surface area (Å²) >= 11 is 6.63. The van der Waals surface area contributed by atoms with Gasteiger partial charge in [0.2, 0.25) is 5.95 Å². The molecule has 3 aromatic heterocycles. The number of anilines is 2. The van der Waals surface area contributed by atoms with Crippen LogP contribution in [0.2, 0.25) is 5.02 Å². The zero-order valence-electron chi connectivity index (χ0n) is 23.3. The van der Waals surface area contributed by atoms with Gasteiger partial charge in [-0.1, -0.05) is 43.7 Å². The van der Waals surface area contributed by atoms with Crippen molar-refractivity contribution < 1.29 is 17.6 Å². The fourth-order valence-electron chi connectivity index (χ4n) is 4.11. The Morgan fingerprint density at radius 2 is 1.83 bits per heavy atom. The predicted octanol–water partition coefficient (Wildman–Crippen LogP) is 7.15. The molecule has 0 aliphatic carbocycles. The van der Waals surface area contributed by atoms with E-state index >= 15 is 0 Å². The second-order valence-electron chi connectivity index (χ2n) is 11.5. The van der Waals surface area contributed by atoms with Crippen LogP contribution in [-0.4, -0.2) is 37.7 Å². The highest BCUT2D eigenvalue weighted by molar-refractivity contribution is 6.35. The molecule has 0 amide bonds. The zero-order chi connectivity index (χ0) is 30.3. The largest absolute Gasteiger partial charge is 0.413 e. The van der Waals surface area contributed by atoms with Crippen LogP contribution in [0.25, 0.3) is 10.9 Å². The molecule has 0 spiro atoms. The van der Waals surface area contributed by atoms with E-state index in [-0.39, 0.29) is 16.1 Å². The number of benzene rings is 1. The summed E-state index contributed by atoms with van der Waals surface area (Å²) in [6.07, 6.45) is -1.95. The van der Waals surface area contributed by atoms with Gasteiger partial charge in [0.05, 0.1) is 34.0 Å². The number of halogens is 5. The van der Waals surface area contributed by atoms with Gasteiger partial charge in [0.1, 0.15) is 11.8 Å². The quantitative estimate of drug-likeness (QED) is 0.174. The molecule has 1 unspecified atom stereocenters. The number of nitrogens with zero attached hydrogens (tertiary/aromatic N) is 6. The molecule has 2 N–H and O–H groups in total. The molecule has 13 heteroatoms. The van der Waals surface area contributed by atoms with Crippen LogP contribution in [0, 0.1) is 29.6 Å². The van der Waals surface area contributed by atoms with Crippen molar-refractivity contribution in [1.82, 2.24) is 25.0 Å². The summed E-state index contributed by atoms with van der Waals surface area (Å²) in [6, 6.07) is 7.26. The fourth-order valence-corrected chi connectivity index (χ4v) is 4.38. The van der Waals surface area contributed by atoms with Crippen LogP contribution in [0.4, 0.5) is 28.9 Å². The summed E-state index contributed by atoms with van der Waals surface area (Å²) in [5, 5.41) is 25.0. The number of alkyl halides is 3. The van der Waals surface area contributed by atoms with E-state index in [2.05, 4.69) is 37.0 Å². The molecular weight excluding hydrogens is 560 g/mol. The minimum Gasteiger partial charge on any atom is -0.383 e. The molecule has 1 atom stereocenters. The Bertz CT molecular complexity index is 1630. The Morgan fingerprint density at radius 1 is 1.12 bits per heavy atom. The van der Waals surface area contributed by atoms with E-state index in [1.54, 1.807) is 19.1 Å². The highest BCUT2D eigenvalue weighted by Crippen LogP contribution is 2.38. The average molecular weight is 589 g/mol. The lowest BCUT2D eigenvalue weighted by molar-refractivity contribution is -0.206. The third kappa shape index (κ3) is 6.20. The van der Waals surface area contributed by atoms with E-state index in [0.29, 0.717) is 45.6 Å². The summed E-state index contributed by atoms with van der Waals surface area (Å²) in [4.78, 5) is 8.25. The first-order valence-corrected chi connectivity index (χ1v) is 13.0. The van der Waals surface area contributed by atoms with Gasteiger partial charge in [-0.05, 0) is 44.4 Å². The Morgan fingerprint density at radius 3 is 2.44 bits per heavy atom. The number of aromatic nitrogens is 5. The van der Waals surface area contributed by atoms with Gasteiger partial charge >= 0.3 is 6.18 Å². The Labute approximate surface area is 239 Å². The van der Waals surface area contributed by atoms with Gasteiger partial charge in [0, 0.05) is 35.1 Å². The topological polar surface area (TPSA) is 104 Å². The second-order valence-corrected chi connectivity index (χ2v) is 11.9. The molecule has 216 valence electrons. The first-order chi connectivity index (χ1) is 19.0. The Hall–Kier alpha value is -3.98. The number of pyridine rings is 2. The first-order valence-electron chi connectivity index (χ1n) is 12.7. The number of fused-ring (bicyclic) bond motifs is 1. The maximum absolute atomic E-state index is 13.9. The van der Waals surface area contributed by atoms with Gasteiger partial charge in [-0.25, -0.2) is 9.67 Å². The zero-order valence-corrected chi connectivity index (χ0v) is 24.1. The number of aryl methyl sites for hydroxylation is 1. The molecule has 0 saturated heterocycles. The van der Waals surface area contributed by atoms with Crippen molar-refractivity contribution in [2.45, 2.75) is 59.3 Å². The second kappa shape index (κ2) is 10.8. The van der Waals surface area contributed by atoms with E-state index in [9.17, 15) is 22.8 Å². The molecule has 1 aromatic carbocycles. The SMILES string of the molecule is Cc1nc(F)ccc1C(Nc1cc(Cl)c2ncc(C#N)c(NCC(C)(C)C)c2c1)c1cn(C(C)(C)C(F)(F)F)nn1. The summed E-state index contributed by atoms with van der Waals surface area (Å²) in [7, 11) is 0. The van der Waals surface area contributed by atoms with Gasteiger partial charge in [0.25, 0.3) is 0 Å². The molecule has 4 aromatic rings. The fraction of sp³-hybridized carbons (Fsp3) is 0.393. The van der Waals surface area contributed by atoms with E-state index in [1.807, 2.05) is 20.8 Å². The normalized spacial score (nSPS) is 13.2. The molecular formula is C28H29ClF4N8. The van der Waals surface area contributed by atoms with Crippen molar-refractivity contribution in [2.24, 2.45) is 5.41 Å². The molecule has 0 radical (unpaired) electrons. The molecule has 0 fully saturated rings. The van der Waals surface area contributed by atoms with Crippen LogP contribution in [0.1, 0.15) is 63.2 Å². The summed E-state index contributed by atoms with van der Waals surface area (Å²) < 4.78 is 55.8. The van der Waals surface area contributed by atoms with Crippen molar-refractivity contribution in [2.75, 3.05) is 17.2 Å². The molecule has 41 heavy (non-hydrogen) atoms. The van der Waals surface area contributed by atoms with Gasteiger partial charge in [-0.3, -0.25) is 4.98 Å². The van der Waals surface area contributed by atoms with Gasteiger partial charge in [-0.2, -0.15) is 22.8 Å². The van der Waals surface area contributed by atoms with Gasteiger partial charge in [0.15, 0.2) is 5.54 Å². The minimum atomic E-state index is -4.60. The molecule has 0 aliphatic rings. The average Bonchev–Trinajstić information content (AvgIpc) is 3.36. The smallest absolute Gasteiger partial charge is 0.383 e. The van der Waals surface area contributed by atoms with Crippen LogP contribution >= 0.6 is 11.6 Å². The minimum absolute atomic E-state index is 0.101. The van der Waals surface area contributed by atoms with Crippen molar-refractivity contribution in [1.29, 1.82) is 5.26 Å². The van der Waals surface area contributed by atoms with Crippen molar-refractivity contribution in [3.63, 3.8) is 0 Å². The van der Waals surface area contributed by atoms with Crippen LogP contribution in [0.15, 0.2) is 36.7 Å². The van der Waals surface area contributed by atoms with E-state index in [1.165, 1.54) is 18.5 Å². The Kier molecular flexibility index (Phi) is 7.88. The summed E-state index contributed by atoms with van der Waals surface area (Å²) in [5.74, 6) is -0.703. The van der Waals surface area contributed by atoms with E-state index in [4.69, 9.17) is 11.6 Å². The summed E-state index contributed by atoms with van der Waals surface area (Å²) in [6.45, 7) is 10.3. The number of rotatable bonds is 7. The number of hydrogen-bond acceptors (Lipinski definition) is 7. The molecule has 3 heterocycles. The van der Waals surface area contributed by atoms with E-state index < -0.39 is 23.7 Å². The van der Waals surface area contributed by atoms with Crippen LogP contribution in [0.5, 0.6) is 0 Å². The number of nitrogens with one attached hydrogen (secondary N) is 2. The van der Waals surface area contributed by atoms with Crippen LogP contribution in [0.3, 0.4) is 0 Å². The molecule has 0 aliphatic heterocycles. The Balaban J connectivity index is 1.85. The maximum atomic E-state index is 13.9. The first kappa shape index (κ1) is 30.0. The highest BCUT2D eigenvalue weighted by atomic mass is 35.5. The highest BCUT2D eigenvalue weighted by Gasteiger charge is 2.50. The molecule has 4 rings (SSSR count). The monoisotopic (exact) mass is 588 g/mol. The van der Waals surface area contributed by atoms with E-state index in [0.717, 1.165) is 24.6 Å². The summed E-state index contributed by atoms with van der Waals surface area (Å²) in [5.41, 5.74) is 0.265. The molecule has 0 bridgehead atoms. The lowest BCUT2D eigenvalue weighted by atomic mass is 9.96. The standard InChI is InChI=1S/C28H29ClF4N8/c1-15-18(7-8-22(30)37-15)25(21-13-41(40-39-21)27(5,6)28(31,32)33)38-17-9-19-23(36-14-26(2,3)4)16(11-34)12-35-24(19)20(29)10-17/h7-10,12-13,25,38H,14H2,1-6H3,(H,35,36). The van der Waals surface area contributed by atoms with Crippen molar-refractivity contribution >= 4 is 33.9 Å². The number of hydrogen-bond donors (Lipinski definition) is 2. The third-order valence-corrected chi connectivity index (χ3v) is 6.92. The maximum Gasteiger partial charge on any atom is 0.413 e. The lowest BCUT2D eigenvalue weighted by Gasteiger charge is -2.27. The lowest BCUT2D eigenvalue weighted by Crippen LogP contribution is -2.42. The van der Waals surface area contributed by atoms with Crippen LogP contribution < -0.4 is 10.6 Å². The predicted molar refractivity (Wildman–Crippen MR) is 149 cm³/mol. The van der Waals surface area contributed by atoms with Crippen molar-refractivity contribution in [3.05, 3.63) is 70.1 Å². The van der Waals surface area contributed by atoms with Gasteiger partial charge in [-0.15, -0.1) is 5.10 Å².